The van der Waals surface area contributed by atoms with E-state index in [0.717, 1.165) is 18.0 Å². The number of carboxylic acid groups (broad SMARTS) is 1. The molecule has 1 saturated heterocycles. The minimum atomic E-state index is -1.33. The number of carbonyl (C=O) groups is 2. The summed E-state index contributed by atoms with van der Waals surface area (Å²) < 4.78 is 14.3. The molecule has 2 amide bonds. The smallest absolute Gasteiger partial charge is 0.429 e. The SMILES string of the molecule is O=CN(C(=O)O)N1CCCC(CNc2nc(-c3c[nH]c4ncc(Cl)cc34)ncc2F)C1. The fourth-order valence-electron chi connectivity index (χ4n) is 3.66. The maximum absolute atomic E-state index is 14.3. The number of hydrogen-bond donors (Lipinski definition) is 3. The van der Waals surface area contributed by atoms with Crippen molar-refractivity contribution in [3.8, 4) is 11.4 Å². The number of piperidine rings is 1. The number of pyridine rings is 1. The molecule has 0 radical (unpaired) electrons. The number of aromatic nitrogens is 4. The number of fused-ring (bicyclic) bond motifs is 1. The molecule has 162 valence electrons. The van der Waals surface area contributed by atoms with Crippen molar-refractivity contribution in [2.45, 2.75) is 12.8 Å². The Balaban J connectivity index is 1.50. The van der Waals surface area contributed by atoms with Crippen LogP contribution in [0.4, 0.5) is 15.0 Å². The molecule has 31 heavy (non-hydrogen) atoms. The maximum Gasteiger partial charge on any atom is 0.429 e. The minimum absolute atomic E-state index is 0.00413. The van der Waals surface area contributed by atoms with Crippen LogP contribution >= 0.6 is 11.6 Å². The lowest BCUT2D eigenvalue weighted by Gasteiger charge is -2.35. The number of hydrazine groups is 1. The zero-order chi connectivity index (χ0) is 22.0. The molecular weight excluding hydrogens is 429 g/mol. The first-order valence-electron chi connectivity index (χ1n) is 9.58. The number of nitrogens with one attached hydrogen (secondary N) is 2. The number of amides is 2. The van der Waals surface area contributed by atoms with Crippen LogP contribution in [-0.4, -0.2) is 67.2 Å². The molecule has 10 nitrogen and oxygen atoms in total. The van der Waals surface area contributed by atoms with Crippen molar-refractivity contribution in [1.29, 1.82) is 0 Å². The molecule has 0 saturated carbocycles. The molecule has 1 atom stereocenters. The first-order chi connectivity index (χ1) is 15.0. The van der Waals surface area contributed by atoms with Crippen molar-refractivity contribution in [1.82, 2.24) is 30.0 Å². The van der Waals surface area contributed by atoms with Gasteiger partial charge < -0.3 is 15.4 Å². The van der Waals surface area contributed by atoms with Crippen LogP contribution in [0.25, 0.3) is 22.4 Å². The number of aromatic amines is 1. The molecule has 1 aliphatic rings. The largest absolute Gasteiger partial charge is 0.464 e. The van der Waals surface area contributed by atoms with E-state index in [0.29, 0.717) is 53.1 Å². The molecule has 0 aromatic carbocycles. The van der Waals surface area contributed by atoms with Gasteiger partial charge in [-0.05, 0) is 24.8 Å². The van der Waals surface area contributed by atoms with E-state index in [1.54, 1.807) is 12.3 Å². The van der Waals surface area contributed by atoms with Crippen LogP contribution in [0, 0.1) is 11.7 Å². The molecule has 1 fully saturated rings. The number of halogens is 2. The third kappa shape index (κ3) is 4.42. The number of nitrogens with zero attached hydrogens (tertiary/aromatic N) is 5. The van der Waals surface area contributed by atoms with E-state index >= 15 is 0 Å². The lowest BCUT2D eigenvalue weighted by molar-refractivity contribution is -0.132. The number of imide groups is 1. The summed E-state index contributed by atoms with van der Waals surface area (Å²) in [5, 5.41) is 15.4. The topological polar surface area (TPSA) is 127 Å². The highest BCUT2D eigenvalue weighted by molar-refractivity contribution is 6.31. The molecule has 12 heteroatoms. The molecule has 4 heterocycles. The van der Waals surface area contributed by atoms with E-state index in [1.165, 1.54) is 11.2 Å². The summed E-state index contributed by atoms with van der Waals surface area (Å²) in [6, 6.07) is 1.73. The second-order valence-corrected chi connectivity index (χ2v) is 7.61. The molecule has 1 unspecified atom stereocenters. The fourth-order valence-corrected chi connectivity index (χ4v) is 3.82. The summed E-state index contributed by atoms with van der Waals surface area (Å²) in [5.74, 6) is -0.253. The molecule has 0 spiro atoms. The third-order valence-corrected chi connectivity index (χ3v) is 5.35. The van der Waals surface area contributed by atoms with Gasteiger partial charge in [-0.2, -0.15) is 5.01 Å². The average Bonchev–Trinajstić information content (AvgIpc) is 3.17. The zero-order valence-corrected chi connectivity index (χ0v) is 17.0. The lowest BCUT2D eigenvalue weighted by atomic mass is 9.99. The van der Waals surface area contributed by atoms with E-state index in [9.17, 15) is 14.0 Å². The predicted molar refractivity (Wildman–Crippen MR) is 111 cm³/mol. The maximum atomic E-state index is 14.3. The average molecular weight is 448 g/mol. The minimum Gasteiger partial charge on any atom is -0.464 e. The molecule has 4 rings (SSSR count). The van der Waals surface area contributed by atoms with Crippen LogP contribution in [0.2, 0.25) is 5.02 Å². The van der Waals surface area contributed by atoms with E-state index in [2.05, 4.69) is 25.3 Å². The quantitative estimate of drug-likeness (QED) is 0.492. The Hall–Kier alpha value is -3.31. The predicted octanol–water partition coefficient (Wildman–Crippen LogP) is 2.99. The van der Waals surface area contributed by atoms with Crippen molar-refractivity contribution < 1.29 is 19.1 Å². The van der Waals surface area contributed by atoms with Crippen molar-refractivity contribution in [2.75, 3.05) is 25.0 Å². The second kappa shape index (κ2) is 8.82. The standard InChI is InChI=1S/C19H19ClFN7O3/c20-12-4-13-14(7-24-16(13)23-6-12)17-25-8-15(21)18(26-17)22-5-11-2-1-3-27(9-11)28(10-29)19(30)31/h4,6-8,10-11H,1-3,5,9H2,(H,23,24)(H,30,31)(H,22,25,26). The zero-order valence-electron chi connectivity index (χ0n) is 16.3. The van der Waals surface area contributed by atoms with Crippen LogP contribution in [0.5, 0.6) is 0 Å². The van der Waals surface area contributed by atoms with Gasteiger partial charge in [-0.1, -0.05) is 11.6 Å². The van der Waals surface area contributed by atoms with Gasteiger partial charge in [-0.3, -0.25) is 4.79 Å². The van der Waals surface area contributed by atoms with Crippen LogP contribution in [0.1, 0.15) is 12.8 Å². The first-order valence-corrected chi connectivity index (χ1v) is 9.95. The van der Waals surface area contributed by atoms with Crippen LogP contribution < -0.4 is 5.32 Å². The Morgan fingerprint density at radius 2 is 2.29 bits per heavy atom. The number of H-pyrrole nitrogens is 1. The Kier molecular flexibility index (Phi) is 5.96. The number of anilines is 1. The summed E-state index contributed by atoms with van der Waals surface area (Å²) in [7, 11) is 0. The molecule has 0 aliphatic carbocycles. The molecule has 3 aromatic heterocycles. The highest BCUT2D eigenvalue weighted by Crippen LogP contribution is 2.28. The molecule has 3 N–H and O–H groups in total. The number of rotatable bonds is 6. The molecule has 3 aromatic rings. The van der Waals surface area contributed by atoms with E-state index in [4.69, 9.17) is 16.7 Å². The van der Waals surface area contributed by atoms with Crippen molar-refractivity contribution in [3.63, 3.8) is 0 Å². The number of hydrogen-bond acceptors (Lipinski definition) is 7. The monoisotopic (exact) mass is 447 g/mol. The summed E-state index contributed by atoms with van der Waals surface area (Å²) >= 11 is 6.04. The Morgan fingerprint density at radius 1 is 1.45 bits per heavy atom. The lowest BCUT2D eigenvalue weighted by Crippen LogP contribution is -2.50. The highest BCUT2D eigenvalue weighted by Gasteiger charge is 2.27. The van der Waals surface area contributed by atoms with Gasteiger partial charge in [0.1, 0.15) is 5.65 Å². The Morgan fingerprint density at radius 3 is 3.06 bits per heavy atom. The summed E-state index contributed by atoms with van der Waals surface area (Å²) in [4.78, 5) is 37.8. The van der Waals surface area contributed by atoms with Crippen molar-refractivity contribution in [2.24, 2.45) is 5.92 Å². The van der Waals surface area contributed by atoms with Gasteiger partial charge in [0, 0.05) is 43.0 Å². The van der Waals surface area contributed by atoms with Gasteiger partial charge in [-0.25, -0.2) is 29.1 Å². The Bertz CT molecular complexity index is 1130. The van der Waals surface area contributed by atoms with Gasteiger partial charge in [-0.15, -0.1) is 0 Å². The van der Waals surface area contributed by atoms with E-state index in [-0.39, 0.29) is 18.1 Å². The normalized spacial score (nSPS) is 16.9. The van der Waals surface area contributed by atoms with Gasteiger partial charge >= 0.3 is 6.09 Å². The summed E-state index contributed by atoms with van der Waals surface area (Å²) in [6.07, 6.45) is 4.76. The van der Waals surface area contributed by atoms with Gasteiger partial charge in [0.05, 0.1) is 11.2 Å². The van der Waals surface area contributed by atoms with Crippen LogP contribution in [-0.2, 0) is 4.79 Å². The van der Waals surface area contributed by atoms with E-state index in [1.807, 2.05) is 0 Å². The summed E-state index contributed by atoms with van der Waals surface area (Å²) in [5.41, 5.74) is 1.25. The molecule has 1 aliphatic heterocycles. The first kappa shape index (κ1) is 20.9. The molecule has 0 bridgehead atoms. The second-order valence-electron chi connectivity index (χ2n) is 7.18. The van der Waals surface area contributed by atoms with Gasteiger partial charge in [0.15, 0.2) is 17.5 Å². The summed E-state index contributed by atoms with van der Waals surface area (Å²) in [6.45, 7) is 1.17. The number of carbonyl (C=O) groups excluding carboxylic acids is 1. The highest BCUT2D eigenvalue weighted by atomic mass is 35.5. The fraction of sp³-hybridized carbons (Fsp3) is 0.316. The third-order valence-electron chi connectivity index (χ3n) is 5.14. The van der Waals surface area contributed by atoms with Crippen LogP contribution in [0.15, 0.2) is 24.7 Å². The Labute approximate surface area is 181 Å². The van der Waals surface area contributed by atoms with E-state index < -0.39 is 11.9 Å². The van der Waals surface area contributed by atoms with Crippen molar-refractivity contribution in [3.05, 3.63) is 35.5 Å². The molecular formula is C19H19ClFN7O3. The van der Waals surface area contributed by atoms with Gasteiger partial charge in [0.2, 0.25) is 6.41 Å². The van der Waals surface area contributed by atoms with Crippen molar-refractivity contribution >= 4 is 41.0 Å². The van der Waals surface area contributed by atoms with Crippen LogP contribution in [0.3, 0.4) is 0 Å². The van der Waals surface area contributed by atoms with Gasteiger partial charge in [0.25, 0.3) is 0 Å².